The van der Waals surface area contributed by atoms with Crippen LogP contribution < -0.4 is 20.1 Å². The van der Waals surface area contributed by atoms with E-state index < -0.39 is 42.7 Å². The minimum atomic E-state index is -3.56. The number of carboxylic acid groups (broad SMARTS) is 1. The van der Waals surface area contributed by atoms with Gasteiger partial charge >= 0.3 is 12.6 Å². The van der Waals surface area contributed by atoms with Gasteiger partial charge in [0.05, 0.1) is 20.0 Å². The minimum Gasteiger partial charge on any atom is -0.480 e. The van der Waals surface area contributed by atoms with Gasteiger partial charge in [0.15, 0.2) is 17.4 Å². The number of fused-ring (bicyclic) bond motifs is 2. The Bertz CT molecular complexity index is 1650. The summed E-state index contributed by atoms with van der Waals surface area (Å²) >= 11 is 5.72. The molecule has 1 saturated heterocycles. The first-order valence-corrected chi connectivity index (χ1v) is 15.1. The second-order valence-corrected chi connectivity index (χ2v) is 12.8. The van der Waals surface area contributed by atoms with Crippen LogP contribution in [0.2, 0.25) is 0 Å². The molecule has 5 rings (SSSR count). The Hall–Kier alpha value is -3.43. The van der Waals surface area contributed by atoms with Crippen LogP contribution >= 0.6 is 6.64 Å². The van der Waals surface area contributed by atoms with Crippen LogP contribution in [0.15, 0.2) is 48.8 Å². The SMILES string of the molecule is COc1nc(N)nc2c1ncn2[C@@H]1O[C@H](COP(=S)(NC(C)C(=O)O)Oc2cccc3ccccc23)[C@@H](O)[C@@]1(C)O. The fourth-order valence-corrected chi connectivity index (χ4v) is 6.98. The lowest BCUT2D eigenvalue weighted by Gasteiger charge is -2.28. The lowest BCUT2D eigenvalue weighted by molar-refractivity contribution is -0.138. The Morgan fingerprint density at radius 3 is 2.76 bits per heavy atom. The second kappa shape index (κ2) is 11.1. The zero-order chi connectivity index (χ0) is 29.5. The Morgan fingerprint density at radius 1 is 1.29 bits per heavy atom. The van der Waals surface area contributed by atoms with Crippen LogP contribution in [0.5, 0.6) is 11.6 Å². The zero-order valence-electron chi connectivity index (χ0n) is 22.2. The van der Waals surface area contributed by atoms with Crippen LogP contribution in [-0.4, -0.2) is 78.4 Å². The van der Waals surface area contributed by atoms with E-state index in [1.54, 1.807) is 12.1 Å². The predicted octanol–water partition coefficient (Wildman–Crippen LogP) is 1.96. The number of carbonyl (C=O) groups is 1. The summed E-state index contributed by atoms with van der Waals surface area (Å²) in [6, 6.07) is 11.7. The number of nitrogen functional groups attached to an aromatic ring is 1. The average molecular weight is 605 g/mol. The number of hydrogen-bond acceptors (Lipinski definition) is 12. The number of aliphatic hydroxyl groups is 2. The average Bonchev–Trinajstić information content (AvgIpc) is 3.44. The Labute approximate surface area is 239 Å². The third-order valence-corrected chi connectivity index (χ3v) is 9.19. The first-order chi connectivity index (χ1) is 19.4. The second-order valence-electron chi connectivity index (χ2n) is 9.66. The Morgan fingerprint density at radius 2 is 2.02 bits per heavy atom. The summed E-state index contributed by atoms with van der Waals surface area (Å²) in [6.45, 7) is -1.10. The van der Waals surface area contributed by atoms with E-state index in [1.807, 2.05) is 30.3 Å². The summed E-state index contributed by atoms with van der Waals surface area (Å²) < 4.78 is 24.8. The summed E-state index contributed by atoms with van der Waals surface area (Å²) in [4.78, 5) is 24.1. The number of hydrogen-bond donors (Lipinski definition) is 5. The number of methoxy groups -OCH3 is 1. The standard InChI is InChI=1S/C25H29N6O8PS/c1-13(22(33)34)30-40(41,39-16-10-6-8-14-7-4-5-9-15(14)16)37-11-17-19(32)25(2,35)23(38-17)31-12-27-18-20(31)28-24(26)29-21(18)36-3/h4-10,12-13,17,19,23,32,35H,11H2,1-3H3,(H,30,41)(H,33,34)(H2,26,28,29)/t13?,17-,19-,23-,25-,40?/m1/s1. The third kappa shape index (κ3) is 5.57. The van der Waals surface area contributed by atoms with Gasteiger partial charge in [-0.25, -0.2) is 10.1 Å². The third-order valence-electron chi connectivity index (χ3n) is 6.71. The normalized spacial score (nSPS) is 24.8. The number of imidazole rings is 1. The summed E-state index contributed by atoms with van der Waals surface area (Å²) in [5.41, 5.74) is 4.48. The van der Waals surface area contributed by atoms with Crippen LogP contribution in [0, 0.1) is 0 Å². The van der Waals surface area contributed by atoms with Crippen molar-refractivity contribution in [3.8, 4) is 11.6 Å². The lowest BCUT2D eigenvalue weighted by atomic mass is 9.96. The van der Waals surface area contributed by atoms with Crippen molar-refractivity contribution in [1.82, 2.24) is 24.6 Å². The predicted molar refractivity (Wildman–Crippen MR) is 152 cm³/mol. The molecule has 0 saturated carbocycles. The number of anilines is 1. The van der Waals surface area contributed by atoms with Crippen LogP contribution in [-0.2, 0) is 25.9 Å². The quantitative estimate of drug-likeness (QED) is 0.165. The van der Waals surface area contributed by atoms with Gasteiger partial charge in [-0.05, 0) is 37.1 Å². The zero-order valence-corrected chi connectivity index (χ0v) is 24.0. The highest BCUT2D eigenvalue weighted by atomic mass is 32.5. The van der Waals surface area contributed by atoms with E-state index in [0.29, 0.717) is 5.75 Å². The van der Waals surface area contributed by atoms with Gasteiger partial charge in [0.1, 0.15) is 29.6 Å². The molecule has 0 spiro atoms. The van der Waals surface area contributed by atoms with Gasteiger partial charge in [-0.2, -0.15) is 9.97 Å². The summed E-state index contributed by atoms with van der Waals surface area (Å²) in [5.74, 6) is -0.716. The highest BCUT2D eigenvalue weighted by Crippen LogP contribution is 2.49. The van der Waals surface area contributed by atoms with E-state index in [2.05, 4.69) is 20.0 Å². The Kier molecular flexibility index (Phi) is 7.87. The molecule has 218 valence electrons. The molecule has 16 heteroatoms. The van der Waals surface area contributed by atoms with Crippen LogP contribution in [0.1, 0.15) is 20.1 Å². The van der Waals surface area contributed by atoms with Gasteiger partial charge in [0.2, 0.25) is 11.8 Å². The van der Waals surface area contributed by atoms with Crippen LogP contribution in [0.4, 0.5) is 5.95 Å². The smallest absolute Gasteiger partial charge is 0.320 e. The molecule has 2 aromatic heterocycles. The van der Waals surface area contributed by atoms with Crippen molar-refractivity contribution in [2.75, 3.05) is 19.5 Å². The molecule has 1 fully saturated rings. The van der Waals surface area contributed by atoms with Gasteiger partial charge in [-0.15, -0.1) is 0 Å². The van der Waals surface area contributed by atoms with Crippen molar-refractivity contribution in [1.29, 1.82) is 0 Å². The van der Waals surface area contributed by atoms with Crippen molar-refractivity contribution in [2.45, 2.75) is 43.9 Å². The molecule has 2 unspecified atom stereocenters. The molecule has 2 aromatic carbocycles. The highest BCUT2D eigenvalue weighted by Gasteiger charge is 2.54. The van der Waals surface area contributed by atoms with Gasteiger partial charge in [-0.1, -0.05) is 36.4 Å². The molecule has 0 amide bonds. The van der Waals surface area contributed by atoms with E-state index in [0.717, 1.165) is 10.8 Å². The topological polar surface area (TPSA) is 196 Å². The number of nitrogens with zero attached hydrogens (tertiary/aromatic N) is 4. The molecular weight excluding hydrogens is 575 g/mol. The minimum absolute atomic E-state index is 0.0842. The molecule has 1 aliphatic heterocycles. The summed E-state index contributed by atoms with van der Waals surface area (Å²) in [5, 5.41) is 36.3. The highest BCUT2D eigenvalue weighted by molar-refractivity contribution is 8.09. The molecule has 41 heavy (non-hydrogen) atoms. The first-order valence-electron chi connectivity index (χ1n) is 12.5. The number of carboxylic acids is 1. The molecule has 3 heterocycles. The van der Waals surface area contributed by atoms with Crippen molar-refractivity contribution in [2.24, 2.45) is 0 Å². The van der Waals surface area contributed by atoms with Crippen molar-refractivity contribution < 1.29 is 38.6 Å². The fraction of sp³-hybridized carbons (Fsp3) is 0.360. The van der Waals surface area contributed by atoms with E-state index in [-0.39, 0.29) is 29.6 Å². The van der Waals surface area contributed by atoms with E-state index >= 15 is 0 Å². The van der Waals surface area contributed by atoms with Gasteiger partial charge in [-0.3, -0.25) is 9.36 Å². The molecular formula is C25H29N6O8PS. The van der Waals surface area contributed by atoms with E-state index in [4.69, 9.17) is 36.1 Å². The Balaban J connectivity index is 1.42. The van der Waals surface area contributed by atoms with Gasteiger partial charge in [0.25, 0.3) is 0 Å². The van der Waals surface area contributed by atoms with E-state index in [9.17, 15) is 20.1 Å². The molecule has 6 N–H and O–H groups in total. The van der Waals surface area contributed by atoms with Crippen molar-refractivity contribution in [3.63, 3.8) is 0 Å². The maximum absolute atomic E-state index is 11.7. The lowest BCUT2D eigenvalue weighted by Crippen LogP contribution is -2.44. The van der Waals surface area contributed by atoms with Crippen LogP contribution in [0.3, 0.4) is 0 Å². The van der Waals surface area contributed by atoms with E-state index in [1.165, 1.54) is 31.9 Å². The number of aliphatic carboxylic acids is 1. The number of ether oxygens (including phenoxy) is 2. The molecule has 6 atom stereocenters. The summed E-state index contributed by atoms with van der Waals surface area (Å²) in [6.07, 6.45) is -2.36. The fourth-order valence-electron chi connectivity index (χ4n) is 4.56. The van der Waals surface area contributed by atoms with Crippen molar-refractivity contribution in [3.05, 3.63) is 48.8 Å². The number of nitrogens with one attached hydrogen (secondary N) is 1. The number of aromatic nitrogens is 4. The molecule has 0 bridgehead atoms. The number of aliphatic hydroxyl groups excluding tert-OH is 1. The van der Waals surface area contributed by atoms with Crippen molar-refractivity contribution >= 4 is 52.3 Å². The molecule has 1 aliphatic rings. The maximum atomic E-state index is 11.7. The van der Waals surface area contributed by atoms with Gasteiger partial charge in [0, 0.05) is 5.39 Å². The van der Waals surface area contributed by atoms with Crippen LogP contribution in [0.25, 0.3) is 21.9 Å². The monoisotopic (exact) mass is 604 g/mol. The maximum Gasteiger partial charge on any atom is 0.320 e. The number of nitrogens with two attached hydrogens (primary N) is 1. The molecule has 0 radical (unpaired) electrons. The molecule has 14 nitrogen and oxygen atoms in total. The largest absolute Gasteiger partial charge is 0.480 e. The number of rotatable bonds is 10. The molecule has 0 aliphatic carbocycles. The van der Waals surface area contributed by atoms with Gasteiger partial charge < -0.3 is 39.6 Å². The number of benzene rings is 2. The summed E-state index contributed by atoms with van der Waals surface area (Å²) in [7, 11) is 1.41. The molecule has 4 aromatic rings. The first kappa shape index (κ1) is 29.1.